The monoisotopic (exact) mass is 402 g/mol. The molecule has 150 valence electrons. The zero-order valence-corrected chi connectivity index (χ0v) is 16.8. The number of nitrogens with zero attached hydrogens (tertiary/aromatic N) is 1. The summed E-state index contributed by atoms with van der Waals surface area (Å²) < 4.78 is 0. The molecule has 2 aromatic carbocycles. The van der Waals surface area contributed by atoms with Crippen molar-refractivity contribution < 1.29 is 15.0 Å². The summed E-state index contributed by atoms with van der Waals surface area (Å²) in [6, 6.07) is 13.5. The molecule has 1 unspecified atom stereocenters. The van der Waals surface area contributed by atoms with Crippen molar-refractivity contribution in [2.45, 2.75) is 38.3 Å². The summed E-state index contributed by atoms with van der Waals surface area (Å²) in [7, 11) is 0. The van der Waals surface area contributed by atoms with E-state index in [1.807, 2.05) is 30.3 Å². The van der Waals surface area contributed by atoms with Gasteiger partial charge in [-0.3, -0.25) is 4.79 Å². The summed E-state index contributed by atoms with van der Waals surface area (Å²) in [5, 5.41) is 23.4. The Morgan fingerprint density at radius 2 is 2.11 bits per heavy atom. The molecule has 0 fully saturated rings. The lowest BCUT2D eigenvalue weighted by Crippen LogP contribution is -2.42. The maximum Gasteiger partial charge on any atom is 0.307 e. The Hall–Kier alpha value is -2.08. The minimum absolute atomic E-state index is 0.0621. The van der Waals surface area contributed by atoms with E-state index in [4.69, 9.17) is 16.7 Å². The maximum absolute atomic E-state index is 10.9. The third-order valence-electron chi connectivity index (χ3n) is 5.10. The molecule has 2 aromatic rings. The molecular weight excluding hydrogens is 376 g/mol. The number of aryl methyl sites for hydroxylation is 1. The Morgan fingerprint density at radius 1 is 1.29 bits per heavy atom. The highest BCUT2D eigenvalue weighted by atomic mass is 35.5. The Kier molecular flexibility index (Phi) is 6.94. The standard InChI is InChI=1S/C22H27ClN2O3/c1-15(24-13-21(26)18-4-2-6-19(23)12-18)14-25-9-3-5-17-10-16(11-22(27)28)7-8-20(17)25/h2,4,6-8,10,12,15,21,24,26H,3,5,9,11,13-14H2,1H3,(H,27,28)/t15?,21-/m0/s1. The van der Waals surface area contributed by atoms with Gasteiger partial charge in [-0.15, -0.1) is 0 Å². The van der Waals surface area contributed by atoms with Crippen LogP contribution in [0.4, 0.5) is 5.69 Å². The highest BCUT2D eigenvalue weighted by Crippen LogP contribution is 2.28. The molecule has 0 amide bonds. The summed E-state index contributed by atoms with van der Waals surface area (Å²) in [5.74, 6) is -0.802. The Morgan fingerprint density at radius 3 is 2.86 bits per heavy atom. The summed E-state index contributed by atoms with van der Waals surface area (Å²) in [5.41, 5.74) is 4.06. The van der Waals surface area contributed by atoms with E-state index >= 15 is 0 Å². The van der Waals surface area contributed by atoms with Crippen molar-refractivity contribution in [3.8, 4) is 0 Å². The van der Waals surface area contributed by atoms with Crippen LogP contribution in [0.15, 0.2) is 42.5 Å². The third-order valence-corrected chi connectivity index (χ3v) is 5.34. The van der Waals surface area contributed by atoms with E-state index in [2.05, 4.69) is 17.1 Å². The van der Waals surface area contributed by atoms with Gasteiger partial charge in [-0.05, 0) is 54.7 Å². The predicted octanol–water partition coefficient (Wildman–Crippen LogP) is 3.43. The van der Waals surface area contributed by atoms with Crippen LogP contribution in [-0.2, 0) is 17.6 Å². The number of rotatable bonds is 8. The number of halogens is 1. The number of carboxylic acid groups (broad SMARTS) is 1. The molecular formula is C22H27ClN2O3. The summed E-state index contributed by atoms with van der Waals surface area (Å²) in [6.07, 6.45) is 1.50. The van der Waals surface area contributed by atoms with Crippen LogP contribution in [0, 0.1) is 0 Å². The number of aliphatic hydroxyl groups is 1. The second-order valence-electron chi connectivity index (χ2n) is 7.46. The summed E-state index contributed by atoms with van der Waals surface area (Å²) in [6.45, 7) is 4.37. The first-order valence-electron chi connectivity index (χ1n) is 9.68. The van der Waals surface area contributed by atoms with Crippen LogP contribution in [-0.4, -0.2) is 41.9 Å². The van der Waals surface area contributed by atoms with Crippen LogP contribution < -0.4 is 10.2 Å². The van der Waals surface area contributed by atoms with Gasteiger partial charge in [0.15, 0.2) is 0 Å². The summed E-state index contributed by atoms with van der Waals surface area (Å²) in [4.78, 5) is 13.3. The van der Waals surface area contributed by atoms with Crippen molar-refractivity contribution in [3.63, 3.8) is 0 Å². The van der Waals surface area contributed by atoms with Crippen molar-refractivity contribution in [3.05, 3.63) is 64.2 Å². The van der Waals surface area contributed by atoms with Crippen molar-refractivity contribution in [2.24, 2.45) is 0 Å². The minimum Gasteiger partial charge on any atom is -0.481 e. The molecule has 1 heterocycles. The highest BCUT2D eigenvalue weighted by molar-refractivity contribution is 6.30. The highest BCUT2D eigenvalue weighted by Gasteiger charge is 2.20. The molecule has 28 heavy (non-hydrogen) atoms. The number of anilines is 1. The van der Waals surface area contributed by atoms with Crippen LogP contribution in [0.5, 0.6) is 0 Å². The lowest BCUT2D eigenvalue weighted by molar-refractivity contribution is -0.136. The first kappa shape index (κ1) is 20.6. The largest absolute Gasteiger partial charge is 0.481 e. The van der Waals surface area contributed by atoms with Crippen LogP contribution in [0.3, 0.4) is 0 Å². The normalized spacial score (nSPS) is 15.8. The molecule has 3 rings (SSSR count). The number of nitrogens with one attached hydrogen (secondary N) is 1. The molecule has 1 aliphatic heterocycles. The molecule has 0 saturated carbocycles. The van der Waals surface area contributed by atoms with Gasteiger partial charge in [0.1, 0.15) is 0 Å². The molecule has 0 aliphatic carbocycles. The molecule has 0 bridgehead atoms. The zero-order valence-electron chi connectivity index (χ0n) is 16.1. The van der Waals surface area contributed by atoms with Crippen molar-refractivity contribution in [2.75, 3.05) is 24.5 Å². The van der Waals surface area contributed by atoms with Crippen molar-refractivity contribution in [1.82, 2.24) is 5.32 Å². The fraction of sp³-hybridized carbons (Fsp3) is 0.409. The lowest BCUT2D eigenvalue weighted by atomic mass is 9.97. The third kappa shape index (κ3) is 5.47. The van der Waals surface area contributed by atoms with Crippen LogP contribution in [0.1, 0.15) is 36.1 Å². The van der Waals surface area contributed by atoms with Crippen LogP contribution >= 0.6 is 11.6 Å². The average Bonchev–Trinajstić information content (AvgIpc) is 2.65. The van der Waals surface area contributed by atoms with Crippen molar-refractivity contribution >= 4 is 23.3 Å². The number of aliphatic hydroxyl groups excluding tert-OH is 1. The van der Waals surface area contributed by atoms with E-state index in [1.165, 1.54) is 11.3 Å². The molecule has 6 heteroatoms. The van der Waals surface area contributed by atoms with E-state index < -0.39 is 12.1 Å². The maximum atomic E-state index is 10.9. The van der Waals surface area contributed by atoms with Crippen molar-refractivity contribution in [1.29, 1.82) is 0 Å². The van der Waals surface area contributed by atoms with E-state index in [0.29, 0.717) is 11.6 Å². The summed E-state index contributed by atoms with van der Waals surface area (Å²) >= 11 is 6.00. The number of hydrogen-bond acceptors (Lipinski definition) is 4. The lowest BCUT2D eigenvalue weighted by Gasteiger charge is -2.34. The van der Waals surface area contributed by atoms with Gasteiger partial charge in [-0.1, -0.05) is 35.9 Å². The number of hydrogen-bond donors (Lipinski definition) is 3. The SMILES string of the molecule is CC(CN1CCCc2cc(CC(=O)O)ccc21)NC[C@H](O)c1cccc(Cl)c1. The van der Waals surface area contributed by atoms with Gasteiger partial charge in [0.2, 0.25) is 0 Å². The number of carbonyl (C=O) groups is 1. The second kappa shape index (κ2) is 9.41. The molecule has 1 aliphatic rings. The molecule has 0 saturated heterocycles. The molecule has 0 spiro atoms. The first-order valence-corrected chi connectivity index (χ1v) is 10.1. The number of carboxylic acids is 1. The Balaban J connectivity index is 1.57. The smallest absolute Gasteiger partial charge is 0.307 e. The van der Waals surface area contributed by atoms with Crippen LogP contribution in [0.25, 0.3) is 0 Å². The average molecular weight is 403 g/mol. The molecule has 5 nitrogen and oxygen atoms in total. The minimum atomic E-state index is -0.802. The number of aliphatic carboxylic acids is 1. The fourth-order valence-electron chi connectivity index (χ4n) is 3.74. The zero-order chi connectivity index (χ0) is 20.1. The topological polar surface area (TPSA) is 72.8 Å². The van der Waals surface area contributed by atoms with Gasteiger partial charge < -0.3 is 20.4 Å². The molecule has 2 atom stereocenters. The molecule has 3 N–H and O–H groups in total. The molecule has 0 radical (unpaired) electrons. The van der Waals surface area contributed by atoms with E-state index in [-0.39, 0.29) is 12.5 Å². The van der Waals surface area contributed by atoms with Gasteiger partial charge in [0.05, 0.1) is 12.5 Å². The predicted molar refractivity (Wildman–Crippen MR) is 112 cm³/mol. The van der Waals surface area contributed by atoms with Gasteiger partial charge in [-0.25, -0.2) is 0 Å². The van der Waals surface area contributed by atoms with Gasteiger partial charge in [0.25, 0.3) is 0 Å². The quantitative estimate of drug-likeness (QED) is 0.631. The second-order valence-corrected chi connectivity index (χ2v) is 7.90. The van der Waals surface area contributed by atoms with E-state index in [0.717, 1.165) is 37.1 Å². The first-order chi connectivity index (χ1) is 13.4. The van der Waals surface area contributed by atoms with Gasteiger partial charge in [0, 0.05) is 36.4 Å². The van der Waals surface area contributed by atoms with Gasteiger partial charge >= 0.3 is 5.97 Å². The number of fused-ring (bicyclic) bond motifs is 1. The van der Waals surface area contributed by atoms with Crippen LogP contribution in [0.2, 0.25) is 5.02 Å². The Bertz CT molecular complexity index is 827. The molecule has 0 aromatic heterocycles. The number of benzene rings is 2. The van der Waals surface area contributed by atoms with E-state index in [9.17, 15) is 9.90 Å². The Labute approximate surface area is 170 Å². The van der Waals surface area contributed by atoms with Gasteiger partial charge in [-0.2, -0.15) is 0 Å². The fourth-order valence-corrected chi connectivity index (χ4v) is 3.94. The van der Waals surface area contributed by atoms with E-state index in [1.54, 1.807) is 12.1 Å².